The predicted octanol–water partition coefficient (Wildman–Crippen LogP) is 30.8. The molecule has 0 spiro atoms. The van der Waals surface area contributed by atoms with E-state index in [1.165, 1.54) is 106 Å². The Morgan fingerprint density at radius 3 is 0.779 bits per heavy atom. The Morgan fingerprint density at radius 1 is 0.274 bits per heavy atom. The van der Waals surface area contributed by atoms with Gasteiger partial charge in [0.1, 0.15) is 0 Å². The molecule has 12 aromatic carbocycles. The number of nitrogens with zero attached hydrogens (tertiary/aromatic N) is 4. The van der Waals surface area contributed by atoms with Crippen molar-refractivity contribution in [2.45, 2.75) is 242 Å². The number of hydrogen-bond donors (Lipinski definition) is 0. The van der Waals surface area contributed by atoms with Crippen LogP contribution in [0.2, 0.25) is 0 Å². The summed E-state index contributed by atoms with van der Waals surface area (Å²) in [7, 11) is 0. The average molecular weight is 1500 g/mol. The number of anilines is 8. The fourth-order valence-electron chi connectivity index (χ4n) is 19.3. The van der Waals surface area contributed by atoms with Crippen LogP contribution in [0.15, 0.2) is 267 Å². The highest BCUT2D eigenvalue weighted by Gasteiger charge is 2.44. The van der Waals surface area contributed by atoms with Crippen LogP contribution in [0.25, 0.3) is 44.5 Å². The van der Waals surface area contributed by atoms with E-state index >= 15 is 0 Å². The summed E-state index contributed by atoms with van der Waals surface area (Å²) in [6, 6.07) is 95.7. The molecule has 582 valence electrons. The van der Waals surface area contributed by atoms with Crippen LogP contribution in [0.5, 0.6) is 0 Å². The van der Waals surface area contributed by atoms with E-state index in [1.807, 2.05) is 34.6 Å². The van der Waals surface area contributed by atoms with Crippen LogP contribution >= 0.6 is 0 Å². The first-order valence-electron chi connectivity index (χ1n) is 42.7. The molecule has 0 fully saturated rings. The van der Waals surface area contributed by atoms with Crippen LogP contribution in [0.3, 0.4) is 0 Å². The van der Waals surface area contributed by atoms with Crippen molar-refractivity contribution in [3.05, 3.63) is 334 Å². The van der Waals surface area contributed by atoms with E-state index in [0.29, 0.717) is 0 Å². The van der Waals surface area contributed by atoms with Crippen molar-refractivity contribution in [2.24, 2.45) is 0 Å². The zero-order valence-electron chi connectivity index (χ0n) is 75.8. The molecule has 12 aromatic rings. The van der Waals surface area contributed by atoms with Crippen LogP contribution in [-0.2, 0) is 28.1 Å². The largest absolute Gasteiger partial charge is 0.336 e. The first-order chi connectivity index (χ1) is 54.2. The van der Waals surface area contributed by atoms with E-state index in [-0.39, 0.29) is 50.2 Å². The molecule has 0 heterocycles. The van der Waals surface area contributed by atoms with Gasteiger partial charge in [-0.05, 0) is 292 Å². The van der Waals surface area contributed by atoms with Crippen LogP contribution < -0.4 is 19.6 Å². The van der Waals surface area contributed by atoms with Crippen molar-refractivity contribution in [1.29, 1.82) is 0 Å². The Morgan fingerprint density at radius 2 is 0.496 bits per heavy atom. The summed E-state index contributed by atoms with van der Waals surface area (Å²) in [5, 5.41) is 0. The van der Waals surface area contributed by atoms with E-state index in [4.69, 9.17) is 1.37 Å². The van der Waals surface area contributed by atoms with E-state index in [0.717, 1.165) is 50.8 Å². The van der Waals surface area contributed by atoms with Gasteiger partial charge < -0.3 is 19.6 Å². The standard InChI is InChI=1S/2C28H33N.C27H31N.C26H29N/c2*1-19(2)25-24(29(27(3,4)5)20-13-9-8-10-14-20)18-17-23-26(25)21-15-11-12-16-22(21)28(23,6)7;1-7-20-24(28(26(2,3)4)19-13-9-8-10-14-19)18-17-23-25(20)21-15-11-12-16-22(21)27(23,5)6;1-18-23(27(25(2,3)4)19-12-8-7-9-13-19)17-16-22-24(18)20-14-10-11-15-21(20)26(22,5)6/h2*8-19H,1-7H3;8-18H,7H2,1-6H3;7-17H,1-6H3/i2*19D;7D;. The van der Waals surface area contributed by atoms with Gasteiger partial charge in [0.2, 0.25) is 0 Å². The van der Waals surface area contributed by atoms with E-state index in [1.54, 1.807) is 0 Å². The van der Waals surface area contributed by atoms with Crippen molar-refractivity contribution < 1.29 is 4.11 Å². The van der Waals surface area contributed by atoms with Crippen molar-refractivity contribution in [2.75, 3.05) is 19.6 Å². The van der Waals surface area contributed by atoms with E-state index in [9.17, 15) is 2.74 Å². The van der Waals surface area contributed by atoms with Crippen molar-refractivity contribution in [1.82, 2.24) is 0 Å². The van der Waals surface area contributed by atoms with E-state index in [2.05, 4.69) is 432 Å². The number of fused-ring (bicyclic) bond motifs is 12. The molecule has 4 nitrogen and oxygen atoms in total. The van der Waals surface area contributed by atoms with Gasteiger partial charge in [0.25, 0.3) is 0 Å². The number of benzene rings is 12. The molecule has 0 saturated heterocycles. The van der Waals surface area contributed by atoms with Gasteiger partial charge in [0.05, 0.1) is 0 Å². The molecule has 1 atom stereocenters. The summed E-state index contributed by atoms with van der Waals surface area (Å²) >= 11 is 0. The maximum absolute atomic E-state index is 9.19. The monoisotopic (exact) mass is 1490 g/mol. The lowest BCUT2D eigenvalue weighted by atomic mass is 9.81. The summed E-state index contributed by atoms with van der Waals surface area (Å²) in [6.07, 6.45) is -0.324. The molecule has 0 bridgehead atoms. The third kappa shape index (κ3) is 14.6. The van der Waals surface area contributed by atoms with Crippen molar-refractivity contribution in [3.63, 3.8) is 0 Å². The molecule has 1 unspecified atom stereocenters. The minimum absolute atomic E-state index is 0.0199. The molecule has 4 heteroatoms. The van der Waals surface area contributed by atoms with Crippen LogP contribution in [0.1, 0.15) is 256 Å². The highest BCUT2D eigenvalue weighted by molar-refractivity contribution is 5.93. The molecule has 0 aromatic heterocycles. The molecule has 4 aliphatic rings. The molecule has 4 aliphatic carbocycles. The molecule has 113 heavy (non-hydrogen) atoms. The zero-order chi connectivity index (χ0) is 84.2. The Labute approximate surface area is 685 Å². The van der Waals surface area contributed by atoms with E-state index < -0.39 is 11.8 Å². The summed E-state index contributed by atoms with van der Waals surface area (Å²) < 4.78 is 27.2. The molecular formula is C109H126N4. The van der Waals surface area contributed by atoms with Crippen molar-refractivity contribution >= 4 is 45.5 Å². The van der Waals surface area contributed by atoms with Gasteiger partial charge in [-0.15, -0.1) is 0 Å². The van der Waals surface area contributed by atoms with Gasteiger partial charge in [-0.25, -0.2) is 0 Å². The topological polar surface area (TPSA) is 13.0 Å². The molecule has 0 N–H and O–H groups in total. The maximum Gasteiger partial charge on any atom is 0.0457 e. The highest BCUT2D eigenvalue weighted by atomic mass is 15.2. The second-order valence-electron chi connectivity index (χ2n) is 38.2. The molecule has 0 saturated carbocycles. The Kier molecular flexibility index (Phi) is 20.6. The fraction of sp³-hybridized carbons (Fsp3) is 0.339. The average Bonchev–Trinajstić information content (AvgIpc) is 1.56. The second-order valence-corrected chi connectivity index (χ2v) is 38.2. The van der Waals surface area contributed by atoms with Gasteiger partial charge in [0.15, 0.2) is 0 Å². The smallest absolute Gasteiger partial charge is 0.0457 e. The van der Waals surface area contributed by atoms with Gasteiger partial charge >= 0.3 is 0 Å². The van der Waals surface area contributed by atoms with Gasteiger partial charge in [-0.2, -0.15) is 0 Å². The number of hydrogen-bond acceptors (Lipinski definition) is 4. The van der Waals surface area contributed by atoms with Gasteiger partial charge in [-0.3, -0.25) is 0 Å². The Balaban J connectivity index is 0.000000135. The normalized spacial score (nSPS) is 15.4. The number of rotatable bonds is 11. The Bertz CT molecular complexity index is 5410. The lowest BCUT2D eigenvalue weighted by Gasteiger charge is -2.40. The molecule has 0 radical (unpaired) electrons. The molecule has 0 amide bonds. The van der Waals surface area contributed by atoms with Crippen LogP contribution in [-0.4, -0.2) is 22.2 Å². The first kappa shape index (κ1) is 76.8. The first-order valence-corrected chi connectivity index (χ1v) is 41.1. The lowest BCUT2D eigenvalue weighted by molar-refractivity contribution is 0.557. The van der Waals surface area contributed by atoms with Crippen LogP contribution in [0.4, 0.5) is 45.5 Å². The SMILES string of the molecule is Cc1c(N(c2ccccc2)C(C)(C)C)ccc2c1-c1ccccc1C2(C)C.[2H]C(C)(C)c1c(N(c2ccccc2)C(C)(C)C)ccc2c1-c1ccccc1C2(C)C.[2H]C(C)(C)c1c(N(c2ccccc2)C(C)(C)C)ccc2c1-c1ccccc1C2(C)C.[2H]C(C)c1c(N(c2ccccc2)C(C)(C)C)ccc2c1-c1ccccc1C2(C)C. The quantitative estimate of drug-likeness (QED) is 0.128. The predicted molar refractivity (Wildman–Crippen MR) is 492 cm³/mol. The third-order valence-electron chi connectivity index (χ3n) is 24.2. The fourth-order valence-corrected chi connectivity index (χ4v) is 19.3. The minimum Gasteiger partial charge on any atom is -0.336 e. The van der Waals surface area contributed by atoms with Gasteiger partial charge in [-0.1, -0.05) is 284 Å². The molecular weight excluding hydrogens is 1370 g/mol. The minimum atomic E-state index is -0.744. The van der Waals surface area contributed by atoms with Crippen LogP contribution in [0, 0.1) is 6.92 Å². The number of para-hydroxylation sites is 4. The van der Waals surface area contributed by atoms with Gasteiger partial charge in [0, 0.05) is 93.4 Å². The summed E-state index contributed by atoms with van der Waals surface area (Å²) in [5.41, 5.74) is 34.8. The summed E-state index contributed by atoms with van der Waals surface area (Å²) in [5.74, 6) is -1.49. The maximum atomic E-state index is 9.19. The third-order valence-corrected chi connectivity index (χ3v) is 24.2. The van der Waals surface area contributed by atoms with Crippen molar-refractivity contribution in [3.8, 4) is 44.5 Å². The summed E-state index contributed by atoms with van der Waals surface area (Å²) in [6.45, 7) is 57.9. The Hall–Kier alpha value is -10.2. The highest BCUT2D eigenvalue weighted by Crippen LogP contribution is 2.59. The zero-order valence-corrected chi connectivity index (χ0v) is 72.8. The lowest BCUT2D eigenvalue weighted by Crippen LogP contribution is -2.38. The molecule has 0 aliphatic heterocycles. The molecule has 16 rings (SSSR count). The summed E-state index contributed by atoms with van der Waals surface area (Å²) in [4.78, 5) is 9.65. The second kappa shape index (κ2) is 30.3.